The molecular weight excluding hydrogens is 316 g/mol. The molecule has 2 rings (SSSR count). The molecule has 25 heavy (non-hydrogen) atoms. The van der Waals surface area contributed by atoms with E-state index in [2.05, 4.69) is 0 Å². The largest absolute Gasteiger partial charge is 0.497 e. The number of carboxylic acids is 1. The van der Waals surface area contributed by atoms with Crippen LogP contribution in [0.25, 0.3) is 0 Å². The highest BCUT2D eigenvalue weighted by molar-refractivity contribution is 5.70. The van der Waals surface area contributed by atoms with E-state index < -0.39 is 11.9 Å². The first-order chi connectivity index (χ1) is 12.1. The monoisotopic (exact) mass is 340 g/mol. The molecule has 2 aromatic rings. The predicted octanol–water partition coefficient (Wildman–Crippen LogP) is 3.78. The van der Waals surface area contributed by atoms with Crippen LogP contribution in [0.15, 0.2) is 54.6 Å². The van der Waals surface area contributed by atoms with Gasteiger partial charge in [-0.05, 0) is 48.9 Å². The van der Waals surface area contributed by atoms with Gasteiger partial charge in [-0.1, -0.05) is 42.5 Å². The van der Waals surface area contributed by atoms with Crippen LogP contribution in [0.5, 0.6) is 5.75 Å². The molecule has 2 aromatic carbocycles. The summed E-state index contributed by atoms with van der Waals surface area (Å²) in [7, 11) is 1.61. The molecule has 0 spiro atoms. The van der Waals surface area contributed by atoms with Gasteiger partial charge in [-0.3, -0.25) is 4.79 Å². The van der Waals surface area contributed by atoms with E-state index in [0.717, 1.165) is 23.2 Å². The minimum absolute atomic E-state index is 0.175. The fraction of sp³-hybridized carbons (Fsp3) is 0.333. The average molecular weight is 340 g/mol. The molecule has 0 aliphatic rings. The third-order valence-corrected chi connectivity index (χ3v) is 4.41. The first kappa shape index (κ1) is 18.7. The summed E-state index contributed by atoms with van der Waals surface area (Å²) in [5.74, 6) is -0.676. The fourth-order valence-corrected chi connectivity index (χ4v) is 2.91. The van der Waals surface area contributed by atoms with Gasteiger partial charge in [0.1, 0.15) is 12.0 Å². The number of carbonyl (C=O) groups is 2. The molecule has 1 N–H and O–H groups in total. The maximum Gasteiger partial charge on any atom is 0.306 e. The summed E-state index contributed by atoms with van der Waals surface area (Å²) < 4.78 is 5.13. The van der Waals surface area contributed by atoms with Gasteiger partial charge in [-0.25, -0.2) is 0 Å². The maximum absolute atomic E-state index is 11.5. The van der Waals surface area contributed by atoms with Gasteiger partial charge < -0.3 is 14.6 Å². The molecule has 132 valence electrons. The van der Waals surface area contributed by atoms with Crippen LogP contribution in [-0.2, 0) is 22.4 Å². The number of hydrogen-bond acceptors (Lipinski definition) is 3. The number of rotatable bonds is 10. The zero-order chi connectivity index (χ0) is 18.1. The molecule has 0 bridgehead atoms. The van der Waals surface area contributed by atoms with Crippen molar-refractivity contribution in [3.05, 3.63) is 65.7 Å². The molecule has 0 heterocycles. The third-order valence-electron chi connectivity index (χ3n) is 4.41. The number of aliphatic carboxylic acids is 1. The normalized spacial score (nSPS) is 13.0. The maximum atomic E-state index is 11.5. The highest BCUT2D eigenvalue weighted by Gasteiger charge is 2.20. The Morgan fingerprint density at radius 2 is 1.64 bits per heavy atom. The van der Waals surface area contributed by atoms with Gasteiger partial charge in [0, 0.05) is 5.92 Å². The van der Waals surface area contributed by atoms with Crippen LogP contribution in [-0.4, -0.2) is 24.5 Å². The number of methoxy groups -OCH3 is 1. The van der Waals surface area contributed by atoms with Crippen LogP contribution in [0.4, 0.5) is 0 Å². The van der Waals surface area contributed by atoms with Crippen molar-refractivity contribution in [3.63, 3.8) is 0 Å². The number of carbonyl (C=O) groups excluding carboxylic acids is 1. The molecule has 0 saturated carbocycles. The quantitative estimate of drug-likeness (QED) is 0.669. The Hall–Kier alpha value is -2.62. The molecule has 0 aromatic heterocycles. The summed E-state index contributed by atoms with van der Waals surface area (Å²) >= 11 is 0. The smallest absolute Gasteiger partial charge is 0.306 e. The number of aldehydes is 1. The standard InChI is InChI=1S/C21H24O4/c1-25-20-11-8-17(9-12-20)13-18(15-22)7-10-19(21(23)24)14-16-5-3-2-4-6-16/h2-6,8-9,11-12,15,18-19H,7,10,13-14H2,1H3,(H,23,24). The molecule has 2 atom stereocenters. The highest BCUT2D eigenvalue weighted by atomic mass is 16.5. The van der Waals surface area contributed by atoms with Gasteiger partial charge in [0.2, 0.25) is 0 Å². The average Bonchev–Trinajstić information content (AvgIpc) is 2.65. The van der Waals surface area contributed by atoms with Crippen LogP contribution in [0.3, 0.4) is 0 Å². The molecule has 0 aliphatic heterocycles. The second-order valence-electron chi connectivity index (χ2n) is 6.25. The van der Waals surface area contributed by atoms with Gasteiger partial charge in [0.15, 0.2) is 0 Å². The molecule has 2 unspecified atom stereocenters. The van der Waals surface area contributed by atoms with E-state index in [1.807, 2.05) is 54.6 Å². The molecule has 0 amide bonds. The Morgan fingerprint density at radius 1 is 1.00 bits per heavy atom. The van der Waals surface area contributed by atoms with E-state index in [-0.39, 0.29) is 5.92 Å². The van der Waals surface area contributed by atoms with Crippen molar-refractivity contribution in [2.75, 3.05) is 7.11 Å². The van der Waals surface area contributed by atoms with Crippen molar-refractivity contribution in [2.24, 2.45) is 11.8 Å². The number of ether oxygens (including phenoxy) is 1. The van der Waals surface area contributed by atoms with Gasteiger partial charge in [-0.2, -0.15) is 0 Å². The zero-order valence-electron chi connectivity index (χ0n) is 14.4. The lowest BCUT2D eigenvalue weighted by molar-refractivity contribution is -0.142. The molecule has 0 radical (unpaired) electrons. The zero-order valence-corrected chi connectivity index (χ0v) is 14.4. The van der Waals surface area contributed by atoms with Crippen molar-refractivity contribution < 1.29 is 19.4 Å². The first-order valence-electron chi connectivity index (χ1n) is 8.47. The highest BCUT2D eigenvalue weighted by Crippen LogP contribution is 2.21. The topological polar surface area (TPSA) is 63.6 Å². The summed E-state index contributed by atoms with van der Waals surface area (Å²) in [6.45, 7) is 0. The van der Waals surface area contributed by atoms with E-state index in [4.69, 9.17) is 4.74 Å². The van der Waals surface area contributed by atoms with E-state index in [0.29, 0.717) is 25.7 Å². The first-order valence-corrected chi connectivity index (χ1v) is 8.47. The Labute approximate surface area is 148 Å². The molecule has 4 nitrogen and oxygen atoms in total. The fourth-order valence-electron chi connectivity index (χ4n) is 2.91. The van der Waals surface area contributed by atoms with E-state index in [1.165, 1.54) is 0 Å². The van der Waals surface area contributed by atoms with Crippen molar-refractivity contribution in [1.82, 2.24) is 0 Å². The lowest BCUT2D eigenvalue weighted by Crippen LogP contribution is -2.19. The third kappa shape index (κ3) is 6.07. The van der Waals surface area contributed by atoms with Crippen LogP contribution >= 0.6 is 0 Å². The van der Waals surface area contributed by atoms with Gasteiger partial charge in [-0.15, -0.1) is 0 Å². The summed E-state index contributed by atoms with van der Waals surface area (Å²) in [5.41, 5.74) is 2.06. The second kappa shape index (κ2) is 9.62. The van der Waals surface area contributed by atoms with Gasteiger partial charge in [0.05, 0.1) is 13.0 Å². The SMILES string of the molecule is COc1ccc(CC(C=O)CCC(Cc2ccccc2)C(=O)O)cc1. The summed E-state index contributed by atoms with van der Waals surface area (Å²) in [4.78, 5) is 22.9. The Bertz CT molecular complexity index is 664. The van der Waals surface area contributed by atoms with Gasteiger partial charge in [0.25, 0.3) is 0 Å². The Morgan fingerprint density at radius 3 is 2.20 bits per heavy atom. The molecule has 0 fully saturated rings. The summed E-state index contributed by atoms with van der Waals surface area (Å²) in [5, 5.41) is 9.47. The van der Waals surface area contributed by atoms with Crippen molar-refractivity contribution in [1.29, 1.82) is 0 Å². The number of carboxylic acid groups (broad SMARTS) is 1. The van der Waals surface area contributed by atoms with E-state index >= 15 is 0 Å². The van der Waals surface area contributed by atoms with E-state index in [1.54, 1.807) is 7.11 Å². The molecular formula is C21H24O4. The lowest BCUT2D eigenvalue weighted by Gasteiger charge is -2.16. The van der Waals surface area contributed by atoms with E-state index in [9.17, 15) is 14.7 Å². The summed E-state index contributed by atoms with van der Waals surface area (Å²) in [6.07, 6.45) is 3.10. The minimum Gasteiger partial charge on any atom is -0.497 e. The van der Waals surface area contributed by atoms with Gasteiger partial charge >= 0.3 is 5.97 Å². The Balaban J connectivity index is 1.92. The minimum atomic E-state index is -0.807. The molecule has 4 heteroatoms. The number of hydrogen-bond donors (Lipinski definition) is 1. The van der Waals surface area contributed by atoms with Crippen LogP contribution in [0, 0.1) is 11.8 Å². The summed E-state index contributed by atoms with van der Waals surface area (Å²) in [6, 6.07) is 17.2. The molecule has 0 aliphatic carbocycles. The lowest BCUT2D eigenvalue weighted by atomic mass is 9.89. The van der Waals surface area contributed by atoms with Crippen LogP contribution in [0.1, 0.15) is 24.0 Å². The van der Waals surface area contributed by atoms with Crippen molar-refractivity contribution in [2.45, 2.75) is 25.7 Å². The van der Waals surface area contributed by atoms with Crippen LogP contribution < -0.4 is 4.74 Å². The molecule has 0 saturated heterocycles. The van der Waals surface area contributed by atoms with Crippen molar-refractivity contribution in [3.8, 4) is 5.75 Å². The predicted molar refractivity (Wildman–Crippen MR) is 96.8 cm³/mol. The van der Waals surface area contributed by atoms with Crippen molar-refractivity contribution >= 4 is 12.3 Å². The Kier molecular flexibility index (Phi) is 7.20. The van der Waals surface area contributed by atoms with Crippen LogP contribution in [0.2, 0.25) is 0 Å². The second-order valence-corrected chi connectivity index (χ2v) is 6.25. The number of benzene rings is 2.